The minimum Gasteiger partial charge on any atom is -0.490 e. The summed E-state index contributed by atoms with van der Waals surface area (Å²) in [6, 6.07) is 3.87. The van der Waals surface area contributed by atoms with Gasteiger partial charge in [-0.25, -0.2) is 14.6 Å². The van der Waals surface area contributed by atoms with E-state index in [4.69, 9.17) is 30.5 Å². The van der Waals surface area contributed by atoms with Crippen molar-refractivity contribution in [3.8, 4) is 11.5 Å². The Balaban J connectivity index is 0.000000246. The quantitative estimate of drug-likeness (QED) is 0.283. The summed E-state index contributed by atoms with van der Waals surface area (Å²) in [7, 11) is 0. The number of nitrogens with zero attached hydrogens (tertiary/aromatic N) is 4. The molecule has 10 nitrogen and oxygen atoms in total. The van der Waals surface area contributed by atoms with E-state index < -0.39 is 11.2 Å². The first-order chi connectivity index (χ1) is 21.1. The maximum absolute atomic E-state index is 12.2. The Labute approximate surface area is 273 Å². The molecule has 0 N–H and O–H groups in total. The Morgan fingerprint density at radius 1 is 0.844 bits per heavy atom. The molecule has 2 aliphatic rings. The van der Waals surface area contributed by atoms with E-state index in [0.29, 0.717) is 36.4 Å². The zero-order chi connectivity index (χ0) is 33.4. The third-order valence-corrected chi connectivity index (χ3v) is 7.57. The van der Waals surface area contributed by atoms with Crippen LogP contribution in [0.4, 0.5) is 9.59 Å². The van der Waals surface area contributed by atoms with Gasteiger partial charge < -0.3 is 28.7 Å². The van der Waals surface area contributed by atoms with Crippen LogP contribution in [0.25, 0.3) is 6.08 Å². The van der Waals surface area contributed by atoms with Gasteiger partial charge in [-0.3, -0.25) is 4.98 Å². The van der Waals surface area contributed by atoms with Crippen LogP contribution in [-0.4, -0.2) is 81.5 Å². The summed E-state index contributed by atoms with van der Waals surface area (Å²) < 4.78 is 22.5. The number of hydrogen-bond donors (Lipinski definition) is 0. The largest absolute Gasteiger partial charge is 0.490 e. The van der Waals surface area contributed by atoms with Crippen LogP contribution >= 0.6 is 11.6 Å². The average Bonchev–Trinajstić information content (AvgIpc) is 3.61. The molecular weight excluding hydrogens is 596 g/mol. The van der Waals surface area contributed by atoms with Gasteiger partial charge in [-0.05, 0) is 110 Å². The number of likely N-dealkylation sites (tertiary alicyclic amines) is 2. The number of halogens is 1. The van der Waals surface area contributed by atoms with Crippen LogP contribution in [0.1, 0.15) is 84.0 Å². The van der Waals surface area contributed by atoms with Crippen molar-refractivity contribution in [1.29, 1.82) is 0 Å². The second-order valence-corrected chi connectivity index (χ2v) is 13.8. The molecule has 4 heterocycles. The minimum atomic E-state index is -0.484. The zero-order valence-electron chi connectivity index (χ0n) is 28.0. The first kappa shape index (κ1) is 35.9. The molecule has 0 saturated carbocycles. The maximum atomic E-state index is 12.2. The third-order valence-electron chi connectivity index (χ3n) is 7.17. The first-order valence-corrected chi connectivity index (χ1v) is 15.9. The molecule has 2 aliphatic heterocycles. The monoisotopic (exact) mass is 644 g/mol. The second kappa shape index (κ2) is 15.7. The fourth-order valence-corrected chi connectivity index (χ4v) is 5.09. The van der Waals surface area contributed by atoms with E-state index in [0.717, 1.165) is 49.0 Å². The molecule has 2 aromatic rings. The second-order valence-electron chi connectivity index (χ2n) is 13.4. The Bertz CT molecular complexity index is 1320. The number of hydrogen-bond acceptors (Lipinski definition) is 8. The molecule has 2 aromatic heterocycles. The van der Waals surface area contributed by atoms with Crippen LogP contribution in [0.3, 0.4) is 0 Å². The fourth-order valence-electron chi connectivity index (χ4n) is 4.99. The van der Waals surface area contributed by atoms with Gasteiger partial charge >= 0.3 is 12.2 Å². The summed E-state index contributed by atoms with van der Waals surface area (Å²) >= 11 is 5.90. The molecule has 0 unspecified atom stereocenters. The molecule has 2 fully saturated rings. The van der Waals surface area contributed by atoms with Gasteiger partial charge in [0.2, 0.25) is 0 Å². The van der Waals surface area contributed by atoms with Crippen molar-refractivity contribution in [3.05, 3.63) is 53.1 Å². The van der Waals surface area contributed by atoms with E-state index in [-0.39, 0.29) is 24.3 Å². The third kappa shape index (κ3) is 11.4. The van der Waals surface area contributed by atoms with Crippen molar-refractivity contribution in [2.45, 2.75) is 104 Å². The first-order valence-electron chi connectivity index (χ1n) is 15.5. The lowest BCUT2D eigenvalue weighted by atomic mass is 10.2. The van der Waals surface area contributed by atoms with E-state index in [1.165, 1.54) is 0 Å². The van der Waals surface area contributed by atoms with Crippen molar-refractivity contribution in [2.75, 3.05) is 26.3 Å². The lowest BCUT2D eigenvalue weighted by molar-refractivity contribution is 0.0177. The van der Waals surface area contributed by atoms with Crippen LogP contribution < -0.4 is 9.47 Å². The van der Waals surface area contributed by atoms with Crippen LogP contribution in [0.2, 0.25) is 5.15 Å². The number of pyridine rings is 2. The molecule has 0 spiro atoms. The standard InChI is InChI=1S/C18H26N2O3.C16H23ClN2O3/c1-6-16-13(2)10-15(11-19-16)22-12-14-8-7-9-20(14)17(21)23-18(3,4)5;1-11-8-13(9-18-14(11)17)21-10-12-6-5-7-19(12)15(20)22-16(2,3)4/h6,10-11,14H,1,7-9,12H2,2-5H3;8-9,12H,5-7,10H2,1-4H3/t14-;12-/m00/s1. The van der Waals surface area contributed by atoms with Gasteiger partial charge in [0, 0.05) is 13.1 Å². The zero-order valence-corrected chi connectivity index (χ0v) is 28.8. The van der Waals surface area contributed by atoms with Crippen molar-refractivity contribution >= 4 is 29.9 Å². The molecule has 45 heavy (non-hydrogen) atoms. The van der Waals surface area contributed by atoms with Gasteiger partial charge in [-0.1, -0.05) is 18.2 Å². The highest BCUT2D eigenvalue weighted by atomic mass is 35.5. The van der Waals surface area contributed by atoms with E-state index in [9.17, 15) is 9.59 Å². The number of amides is 2. The number of aromatic nitrogens is 2. The van der Waals surface area contributed by atoms with Crippen LogP contribution in [-0.2, 0) is 9.47 Å². The number of aryl methyl sites for hydroxylation is 2. The topological polar surface area (TPSA) is 103 Å². The normalized spacial score (nSPS) is 18.2. The summed E-state index contributed by atoms with van der Waals surface area (Å²) in [6.07, 6.45) is 8.25. The van der Waals surface area contributed by atoms with Gasteiger partial charge in [0.05, 0.1) is 30.2 Å². The molecule has 0 bridgehead atoms. The molecular formula is C34H49ClN4O6. The van der Waals surface area contributed by atoms with Gasteiger partial charge in [-0.2, -0.15) is 0 Å². The lowest BCUT2D eigenvalue weighted by Gasteiger charge is -2.28. The summed E-state index contributed by atoms with van der Waals surface area (Å²) in [4.78, 5) is 36.3. The van der Waals surface area contributed by atoms with Gasteiger partial charge in [0.25, 0.3) is 0 Å². The van der Waals surface area contributed by atoms with Crippen molar-refractivity contribution < 1.29 is 28.5 Å². The summed E-state index contributed by atoms with van der Waals surface area (Å²) in [6.45, 7) is 21.1. The van der Waals surface area contributed by atoms with Gasteiger partial charge in [-0.15, -0.1) is 0 Å². The Morgan fingerprint density at radius 3 is 1.69 bits per heavy atom. The van der Waals surface area contributed by atoms with E-state index in [2.05, 4.69) is 16.5 Å². The van der Waals surface area contributed by atoms with Crippen LogP contribution in [0.5, 0.6) is 11.5 Å². The highest BCUT2D eigenvalue weighted by molar-refractivity contribution is 6.30. The molecule has 0 aromatic carbocycles. The van der Waals surface area contributed by atoms with Crippen molar-refractivity contribution in [3.63, 3.8) is 0 Å². The lowest BCUT2D eigenvalue weighted by Crippen LogP contribution is -2.42. The fraction of sp³-hybridized carbons (Fsp3) is 0.588. The van der Waals surface area contributed by atoms with Crippen molar-refractivity contribution in [2.24, 2.45) is 0 Å². The molecule has 2 saturated heterocycles. The predicted molar refractivity (Wildman–Crippen MR) is 176 cm³/mol. The Kier molecular flexibility index (Phi) is 12.5. The molecule has 0 radical (unpaired) electrons. The number of rotatable bonds is 7. The minimum absolute atomic E-state index is 0.0332. The molecule has 248 valence electrons. The SMILES string of the molecule is C=Cc1ncc(OC[C@@H]2CCCN2C(=O)OC(C)(C)C)cc1C.Cc1cc(OC[C@@H]2CCCN2C(=O)OC(C)(C)C)cnc1Cl. The van der Waals surface area contributed by atoms with E-state index in [1.807, 2.05) is 67.5 Å². The van der Waals surface area contributed by atoms with Crippen molar-refractivity contribution in [1.82, 2.24) is 19.8 Å². The molecule has 2 amide bonds. The Hall–Kier alpha value is -3.53. The summed E-state index contributed by atoms with van der Waals surface area (Å²) in [5, 5.41) is 0.476. The molecule has 0 aliphatic carbocycles. The maximum Gasteiger partial charge on any atom is 0.410 e. The summed E-state index contributed by atoms with van der Waals surface area (Å²) in [5.74, 6) is 1.38. The summed E-state index contributed by atoms with van der Waals surface area (Å²) in [5.41, 5.74) is 1.78. The van der Waals surface area contributed by atoms with E-state index >= 15 is 0 Å². The average molecular weight is 645 g/mol. The highest BCUT2D eigenvalue weighted by Gasteiger charge is 2.33. The molecule has 2 atom stereocenters. The Morgan fingerprint density at radius 2 is 1.29 bits per heavy atom. The number of ether oxygens (including phenoxy) is 4. The number of carbonyl (C=O) groups excluding carboxylic acids is 2. The van der Waals surface area contributed by atoms with Gasteiger partial charge in [0.15, 0.2) is 0 Å². The van der Waals surface area contributed by atoms with Crippen LogP contribution in [0, 0.1) is 13.8 Å². The predicted octanol–water partition coefficient (Wildman–Crippen LogP) is 7.63. The molecule has 11 heteroatoms. The highest BCUT2D eigenvalue weighted by Crippen LogP contribution is 2.25. The number of carbonyl (C=O) groups is 2. The van der Waals surface area contributed by atoms with E-state index in [1.54, 1.807) is 28.3 Å². The molecule has 4 rings (SSSR count). The smallest absolute Gasteiger partial charge is 0.410 e. The van der Waals surface area contributed by atoms with Gasteiger partial charge in [0.1, 0.15) is 41.1 Å². The van der Waals surface area contributed by atoms with Crippen LogP contribution in [0.15, 0.2) is 31.1 Å².